The largest absolute Gasteiger partial charge is 0.484 e. The molecule has 0 fully saturated rings. The Morgan fingerprint density at radius 1 is 1.38 bits per heavy atom. The number of tetrazole rings is 1. The van der Waals surface area contributed by atoms with E-state index in [0.717, 1.165) is 0 Å². The minimum atomic E-state index is -0.350. The van der Waals surface area contributed by atoms with Crippen LogP contribution < -0.4 is 10.1 Å². The second-order valence-corrected chi connectivity index (χ2v) is 5.46. The second kappa shape index (κ2) is 7.53. The van der Waals surface area contributed by atoms with Gasteiger partial charge in [0.2, 0.25) is 0 Å². The molecule has 1 heterocycles. The van der Waals surface area contributed by atoms with Crippen LogP contribution in [0.5, 0.6) is 5.75 Å². The molecule has 0 aliphatic heterocycles. The molecule has 0 aliphatic rings. The summed E-state index contributed by atoms with van der Waals surface area (Å²) in [6, 6.07) is 6.28. The van der Waals surface area contributed by atoms with Crippen LogP contribution in [0, 0.1) is 0 Å². The molecule has 9 heteroatoms. The lowest BCUT2D eigenvalue weighted by molar-refractivity contribution is -0.130. The van der Waals surface area contributed by atoms with Gasteiger partial charge in [-0.1, -0.05) is 6.07 Å². The van der Waals surface area contributed by atoms with Gasteiger partial charge in [-0.05, 0) is 35.5 Å². The SMILES string of the molecule is C[C@@H](NC(=O)c1cccc(OCC(=O)N(C)C)c1)c1nnnn1C. The van der Waals surface area contributed by atoms with Crippen molar-refractivity contribution in [1.29, 1.82) is 0 Å². The molecule has 1 aromatic heterocycles. The van der Waals surface area contributed by atoms with E-state index in [1.165, 1.54) is 9.58 Å². The molecule has 2 amide bonds. The molecule has 1 atom stereocenters. The topological polar surface area (TPSA) is 102 Å². The molecule has 2 aromatic rings. The molecule has 0 saturated carbocycles. The number of rotatable bonds is 6. The van der Waals surface area contributed by atoms with E-state index in [1.807, 2.05) is 0 Å². The van der Waals surface area contributed by atoms with E-state index in [4.69, 9.17) is 4.74 Å². The van der Waals surface area contributed by atoms with Crippen molar-refractivity contribution in [2.24, 2.45) is 7.05 Å². The maximum Gasteiger partial charge on any atom is 0.259 e. The summed E-state index contributed by atoms with van der Waals surface area (Å²) in [5.74, 6) is 0.557. The van der Waals surface area contributed by atoms with Crippen molar-refractivity contribution in [3.8, 4) is 5.75 Å². The number of likely N-dealkylation sites (N-methyl/N-ethyl adjacent to an activating group) is 1. The van der Waals surface area contributed by atoms with Gasteiger partial charge >= 0.3 is 0 Å². The van der Waals surface area contributed by atoms with E-state index in [-0.39, 0.29) is 24.5 Å². The van der Waals surface area contributed by atoms with Crippen molar-refractivity contribution in [2.75, 3.05) is 20.7 Å². The zero-order valence-corrected chi connectivity index (χ0v) is 14.1. The molecule has 1 N–H and O–H groups in total. The molecule has 0 aliphatic carbocycles. The fraction of sp³-hybridized carbons (Fsp3) is 0.400. The highest BCUT2D eigenvalue weighted by Gasteiger charge is 2.16. The highest BCUT2D eigenvalue weighted by molar-refractivity contribution is 5.94. The van der Waals surface area contributed by atoms with Gasteiger partial charge in [0.25, 0.3) is 11.8 Å². The fourth-order valence-electron chi connectivity index (χ4n) is 1.95. The van der Waals surface area contributed by atoms with Gasteiger partial charge in [-0.2, -0.15) is 0 Å². The number of aryl methyl sites for hydroxylation is 1. The predicted octanol–water partition coefficient (Wildman–Crippen LogP) is 0.168. The van der Waals surface area contributed by atoms with Gasteiger partial charge in [-0.15, -0.1) is 5.10 Å². The first kappa shape index (κ1) is 17.4. The van der Waals surface area contributed by atoms with Gasteiger partial charge in [0, 0.05) is 26.7 Å². The zero-order valence-electron chi connectivity index (χ0n) is 14.1. The summed E-state index contributed by atoms with van der Waals surface area (Å²) in [7, 11) is 5.00. The molecule has 1 aromatic carbocycles. The van der Waals surface area contributed by atoms with Crippen LogP contribution in [0.2, 0.25) is 0 Å². The average Bonchev–Trinajstić information content (AvgIpc) is 2.98. The molecule has 128 valence electrons. The Morgan fingerprint density at radius 3 is 2.75 bits per heavy atom. The molecule has 24 heavy (non-hydrogen) atoms. The van der Waals surface area contributed by atoms with Crippen molar-refractivity contribution in [3.63, 3.8) is 0 Å². The minimum absolute atomic E-state index is 0.0842. The first-order valence-corrected chi connectivity index (χ1v) is 7.34. The summed E-state index contributed by atoms with van der Waals surface area (Å²) in [5.41, 5.74) is 0.423. The summed E-state index contributed by atoms with van der Waals surface area (Å²) in [6.07, 6.45) is 0. The number of carbonyl (C=O) groups excluding carboxylic acids is 2. The van der Waals surface area contributed by atoms with Gasteiger partial charge in [0.05, 0.1) is 6.04 Å². The Labute approximate surface area is 139 Å². The van der Waals surface area contributed by atoms with Crippen molar-refractivity contribution >= 4 is 11.8 Å². The Hall–Kier alpha value is -2.97. The number of benzene rings is 1. The van der Waals surface area contributed by atoms with E-state index in [1.54, 1.807) is 52.3 Å². The molecule has 9 nitrogen and oxygen atoms in total. The Morgan fingerprint density at radius 2 is 2.12 bits per heavy atom. The fourth-order valence-corrected chi connectivity index (χ4v) is 1.95. The summed E-state index contributed by atoms with van der Waals surface area (Å²) in [4.78, 5) is 25.3. The number of nitrogens with one attached hydrogen (secondary N) is 1. The Bertz CT molecular complexity index is 728. The lowest BCUT2D eigenvalue weighted by atomic mass is 10.2. The number of hydrogen-bond donors (Lipinski definition) is 1. The van der Waals surface area contributed by atoms with Gasteiger partial charge in [0.15, 0.2) is 12.4 Å². The van der Waals surface area contributed by atoms with Crippen LogP contribution in [-0.2, 0) is 11.8 Å². The van der Waals surface area contributed by atoms with Crippen molar-refractivity contribution < 1.29 is 14.3 Å². The van der Waals surface area contributed by atoms with E-state index in [9.17, 15) is 9.59 Å². The van der Waals surface area contributed by atoms with Gasteiger partial charge in [-0.3, -0.25) is 9.59 Å². The van der Waals surface area contributed by atoms with E-state index in [2.05, 4.69) is 20.8 Å². The first-order valence-electron chi connectivity index (χ1n) is 7.34. The summed E-state index contributed by atoms with van der Waals surface area (Å²) in [6.45, 7) is 1.71. The highest BCUT2D eigenvalue weighted by Crippen LogP contribution is 2.15. The Kier molecular flexibility index (Phi) is 5.46. The molecule has 0 unspecified atom stereocenters. The third-order valence-electron chi connectivity index (χ3n) is 3.35. The quantitative estimate of drug-likeness (QED) is 0.809. The number of carbonyl (C=O) groups is 2. The monoisotopic (exact) mass is 332 g/mol. The molecular weight excluding hydrogens is 312 g/mol. The summed E-state index contributed by atoms with van der Waals surface area (Å²) < 4.78 is 6.91. The van der Waals surface area contributed by atoms with E-state index >= 15 is 0 Å². The van der Waals surface area contributed by atoms with Crippen LogP contribution in [0.3, 0.4) is 0 Å². The molecule has 0 radical (unpaired) electrons. The third kappa shape index (κ3) is 4.28. The number of hydrogen-bond acceptors (Lipinski definition) is 6. The highest BCUT2D eigenvalue weighted by atomic mass is 16.5. The molecular formula is C15H20N6O3. The summed E-state index contributed by atoms with van der Waals surface area (Å²) in [5, 5.41) is 14.0. The van der Waals surface area contributed by atoms with Crippen LogP contribution in [-0.4, -0.2) is 57.6 Å². The van der Waals surface area contributed by atoms with Gasteiger partial charge < -0.3 is 15.0 Å². The molecule has 0 bridgehead atoms. The van der Waals surface area contributed by atoms with Crippen LogP contribution in [0.15, 0.2) is 24.3 Å². The maximum absolute atomic E-state index is 12.3. The number of aromatic nitrogens is 4. The molecule has 0 spiro atoms. The average molecular weight is 332 g/mol. The lowest BCUT2D eigenvalue weighted by Crippen LogP contribution is -2.29. The lowest BCUT2D eigenvalue weighted by Gasteiger charge is -2.14. The maximum atomic E-state index is 12.3. The van der Waals surface area contributed by atoms with Gasteiger partial charge in [-0.25, -0.2) is 4.68 Å². The predicted molar refractivity (Wildman–Crippen MR) is 85.3 cm³/mol. The number of nitrogens with zero attached hydrogens (tertiary/aromatic N) is 5. The second-order valence-electron chi connectivity index (χ2n) is 5.46. The molecule has 2 rings (SSSR count). The number of ether oxygens (including phenoxy) is 1. The van der Waals surface area contributed by atoms with Crippen molar-refractivity contribution in [2.45, 2.75) is 13.0 Å². The standard InChI is InChI=1S/C15H20N6O3/c1-10(14-17-18-19-21(14)4)16-15(23)11-6-5-7-12(8-11)24-9-13(22)20(2)3/h5-8,10H,9H2,1-4H3,(H,16,23)/t10-/m1/s1. The first-order chi connectivity index (χ1) is 11.4. The Balaban J connectivity index is 2.01. The van der Waals surface area contributed by atoms with E-state index < -0.39 is 0 Å². The van der Waals surface area contributed by atoms with Crippen LogP contribution in [0.25, 0.3) is 0 Å². The zero-order chi connectivity index (χ0) is 17.7. The van der Waals surface area contributed by atoms with Crippen LogP contribution >= 0.6 is 0 Å². The van der Waals surface area contributed by atoms with Gasteiger partial charge in [0.1, 0.15) is 5.75 Å². The number of amides is 2. The smallest absolute Gasteiger partial charge is 0.259 e. The summed E-state index contributed by atoms with van der Waals surface area (Å²) >= 11 is 0. The van der Waals surface area contributed by atoms with E-state index in [0.29, 0.717) is 17.1 Å². The van der Waals surface area contributed by atoms with Crippen molar-refractivity contribution in [3.05, 3.63) is 35.7 Å². The normalized spacial score (nSPS) is 11.7. The third-order valence-corrected chi connectivity index (χ3v) is 3.35. The van der Waals surface area contributed by atoms with Crippen LogP contribution in [0.4, 0.5) is 0 Å². The van der Waals surface area contributed by atoms with Crippen molar-refractivity contribution in [1.82, 2.24) is 30.4 Å². The minimum Gasteiger partial charge on any atom is -0.484 e. The van der Waals surface area contributed by atoms with Crippen LogP contribution in [0.1, 0.15) is 29.1 Å². The molecule has 0 saturated heterocycles.